The standard InChI is InChI=1S/C25H23Br/c26-25(17-18-7-2-1-3-8-18)16-6-11-23-22-13-12-19-9-4-5-10-20(19)21(22)14-15-24(23)25/h1-3,7-10,12-15H,4-6,11,16-17H2. The molecule has 0 N–H and O–H groups in total. The molecule has 0 fully saturated rings. The van der Waals surface area contributed by atoms with Gasteiger partial charge in [0.2, 0.25) is 0 Å². The number of halogens is 1. The topological polar surface area (TPSA) is 0 Å². The minimum absolute atomic E-state index is 0.0574. The summed E-state index contributed by atoms with van der Waals surface area (Å²) in [4.78, 5) is 0. The van der Waals surface area contributed by atoms with E-state index in [2.05, 4.69) is 82.7 Å². The van der Waals surface area contributed by atoms with Crippen LogP contribution in [-0.2, 0) is 17.2 Å². The lowest BCUT2D eigenvalue weighted by molar-refractivity contribution is 0.516. The summed E-state index contributed by atoms with van der Waals surface area (Å²) in [5, 5.41) is 5.76. The SMILES string of the molecule is BrC1(Cc2ccccc2)CCCc2c1ccc1c3c(ccc21)=CCCC=3. The van der Waals surface area contributed by atoms with Crippen LogP contribution in [0.2, 0.25) is 0 Å². The first-order chi connectivity index (χ1) is 12.7. The van der Waals surface area contributed by atoms with Gasteiger partial charge in [-0.2, -0.15) is 0 Å². The number of aryl methyl sites for hydroxylation is 1. The third-order valence-electron chi connectivity index (χ3n) is 6.08. The van der Waals surface area contributed by atoms with Crippen LogP contribution < -0.4 is 10.4 Å². The summed E-state index contributed by atoms with van der Waals surface area (Å²) in [6.07, 6.45) is 11.8. The van der Waals surface area contributed by atoms with Crippen molar-refractivity contribution in [1.29, 1.82) is 0 Å². The Morgan fingerprint density at radius 1 is 0.846 bits per heavy atom. The molecule has 0 radical (unpaired) electrons. The van der Waals surface area contributed by atoms with E-state index in [4.69, 9.17) is 0 Å². The molecule has 130 valence electrons. The van der Waals surface area contributed by atoms with E-state index in [9.17, 15) is 0 Å². The van der Waals surface area contributed by atoms with Gasteiger partial charge in [0.25, 0.3) is 0 Å². The molecule has 0 saturated carbocycles. The van der Waals surface area contributed by atoms with E-state index in [1.807, 2.05) is 0 Å². The van der Waals surface area contributed by atoms with Gasteiger partial charge in [0.05, 0.1) is 4.32 Å². The van der Waals surface area contributed by atoms with E-state index in [-0.39, 0.29) is 4.32 Å². The Morgan fingerprint density at radius 3 is 2.54 bits per heavy atom. The molecule has 1 unspecified atom stereocenters. The van der Waals surface area contributed by atoms with Crippen molar-refractivity contribution < 1.29 is 0 Å². The van der Waals surface area contributed by atoms with Crippen molar-refractivity contribution in [2.45, 2.75) is 42.8 Å². The number of hydrogen-bond donors (Lipinski definition) is 0. The van der Waals surface area contributed by atoms with Crippen molar-refractivity contribution in [1.82, 2.24) is 0 Å². The third-order valence-corrected chi connectivity index (χ3v) is 7.18. The Kier molecular flexibility index (Phi) is 4.01. The zero-order valence-corrected chi connectivity index (χ0v) is 16.6. The highest BCUT2D eigenvalue weighted by atomic mass is 79.9. The van der Waals surface area contributed by atoms with E-state index >= 15 is 0 Å². The molecular weight excluding hydrogens is 380 g/mol. The minimum Gasteiger partial charge on any atom is -0.0798 e. The van der Waals surface area contributed by atoms with Crippen molar-refractivity contribution >= 4 is 38.9 Å². The molecule has 5 rings (SSSR count). The molecule has 0 bridgehead atoms. The van der Waals surface area contributed by atoms with Crippen LogP contribution in [0.5, 0.6) is 0 Å². The van der Waals surface area contributed by atoms with Gasteiger partial charge in [0.1, 0.15) is 0 Å². The van der Waals surface area contributed by atoms with Crippen LogP contribution in [0, 0.1) is 0 Å². The molecular formula is C25H23Br. The van der Waals surface area contributed by atoms with E-state index < -0.39 is 0 Å². The van der Waals surface area contributed by atoms with Gasteiger partial charge < -0.3 is 0 Å². The summed E-state index contributed by atoms with van der Waals surface area (Å²) in [6, 6.07) is 20.4. The normalized spacial score (nSPS) is 21.4. The molecule has 0 amide bonds. The monoisotopic (exact) mass is 402 g/mol. The predicted molar refractivity (Wildman–Crippen MR) is 115 cm³/mol. The highest BCUT2D eigenvalue weighted by molar-refractivity contribution is 9.09. The summed E-state index contributed by atoms with van der Waals surface area (Å²) < 4.78 is 0.0574. The van der Waals surface area contributed by atoms with Gasteiger partial charge in [-0.25, -0.2) is 0 Å². The average molecular weight is 403 g/mol. The van der Waals surface area contributed by atoms with Crippen LogP contribution in [0.25, 0.3) is 22.9 Å². The van der Waals surface area contributed by atoms with Crippen LogP contribution >= 0.6 is 15.9 Å². The second-order valence-corrected chi connectivity index (χ2v) is 9.24. The minimum atomic E-state index is 0.0574. The van der Waals surface area contributed by atoms with Gasteiger partial charge in [-0.05, 0) is 76.4 Å². The van der Waals surface area contributed by atoms with Gasteiger partial charge in [-0.15, -0.1) is 0 Å². The molecule has 0 heterocycles. The fourth-order valence-corrected chi connectivity index (χ4v) is 5.83. The number of hydrogen-bond acceptors (Lipinski definition) is 0. The molecule has 1 heteroatoms. The van der Waals surface area contributed by atoms with Crippen LogP contribution in [0.1, 0.15) is 42.4 Å². The van der Waals surface area contributed by atoms with Crippen molar-refractivity contribution in [3.05, 3.63) is 81.7 Å². The molecule has 2 aliphatic carbocycles. The van der Waals surface area contributed by atoms with Gasteiger partial charge in [-0.1, -0.05) is 82.7 Å². The number of fused-ring (bicyclic) bond motifs is 5. The predicted octanol–water partition coefficient (Wildman–Crippen LogP) is 5.36. The summed E-state index contributed by atoms with van der Waals surface area (Å²) in [6.45, 7) is 0. The summed E-state index contributed by atoms with van der Waals surface area (Å²) >= 11 is 4.18. The molecule has 3 aromatic rings. The van der Waals surface area contributed by atoms with E-state index in [0.29, 0.717) is 0 Å². The molecule has 0 spiro atoms. The van der Waals surface area contributed by atoms with Crippen LogP contribution in [-0.4, -0.2) is 0 Å². The largest absolute Gasteiger partial charge is 0.0798 e. The zero-order valence-electron chi connectivity index (χ0n) is 15.0. The van der Waals surface area contributed by atoms with Crippen molar-refractivity contribution in [2.24, 2.45) is 0 Å². The maximum Gasteiger partial charge on any atom is 0.0549 e. The Balaban J connectivity index is 1.69. The Labute approximate surface area is 163 Å². The lowest BCUT2D eigenvalue weighted by atomic mass is 9.77. The quantitative estimate of drug-likeness (QED) is 0.505. The van der Waals surface area contributed by atoms with Gasteiger partial charge >= 0.3 is 0 Å². The number of rotatable bonds is 2. The molecule has 3 aromatic carbocycles. The molecule has 0 aliphatic heterocycles. The van der Waals surface area contributed by atoms with Crippen LogP contribution in [0.4, 0.5) is 0 Å². The van der Waals surface area contributed by atoms with E-state index in [1.165, 1.54) is 64.4 Å². The Bertz CT molecular complexity index is 1090. The van der Waals surface area contributed by atoms with Crippen molar-refractivity contribution in [3.8, 4) is 0 Å². The van der Waals surface area contributed by atoms with Crippen LogP contribution in [0.3, 0.4) is 0 Å². The molecule has 0 saturated heterocycles. The van der Waals surface area contributed by atoms with Crippen LogP contribution in [0.15, 0.2) is 54.6 Å². The third kappa shape index (κ3) is 2.65. The van der Waals surface area contributed by atoms with E-state index in [1.54, 1.807) is 5.56 Å². The van der Waals surface area contributed by atoms with Gasteiger partial charge in [0.15, 0.2) is 0 Å². The lowest BCUT2D eigenvalue weighted by Crippen LogP contribution is -2.30. The second-order valence-electron chi connectivity index (χ2n) is 7.72. The molecule has 26 heavy (non-hydrogen) atoms. The fraction of sp³-hybridized carbons (Fsp3) is 0.280. The summed E-state index contributed by atoms with van der Waals surface area (Å²) in [5.74, 6) is 0. The first-order valence-corrected chi connectivity index (χ1v) is 10.5. The summed E-state index contributed by atoms with van der Waals surface area (Å²) in [7, 11) is 0. The Hall–Kier alpha value is -1.86. The average Bonchev–Trinajstić information content (AvgIpc) is 2.68. The molecule has 2 aliphatic rings. The summed E-state index contributed by atoms with van der Waals surface area (Å²) in [5.41, 5.74) is 4.47. The highest BCUT2D eigenvalue weighted by Gasteiger charge is 2.34. The maximum atomic E-state index is 4.18. The molecule has 1 atom stereocenters. The fourth-order valence-electron chi connectivity index (χ4n) is 4.85. The van der Waals surface area contributed by atoms with Crippen molar-refractivity contribution in [3.63, 3.8) is 0 Å². The molecule has 0 nitrogen and oxygen atoms in total. The first-order valence-electron chi connectivity index (χ1n) is 9.73. The van der Waals surface area contributed by atoms with Crippen molar-refractivity contribution in [2.75, 3.05) is 0 Å². The highest BCUT2D eigenvalue weighted by Crippen LogP contribution is 2.46. The van der Waals surface area contributed by atoms with Gasteiger partial charge in [0, 0.05) is 0 Å². The molecule has 0 aromatic heterocycles. The first kappa shape index (κ1) is 16.3. The lowest BCUT2D eigenvalue weighted by Gasteiger charge is -2.35. The number of alkyl halides is 1. The second kappa shape index (κ2) is 6.39. The van der Waals surface area contributed by atoms with Gasteiger partial charge in [-0.3, -0.25) is 0 Å². The Morgan fingerprint density at radius 2 is 1.65 bits per heavy atom. The smallest absolute Gasteiger partial charge is 0.0549 e. The maximum absolute atomic E-state index is 4.18. The zero-order chi connectivity index (χ0) is 17.6. The number of benzene rings is 3. The van der Waals surface area contributed by atoms with E-state index in [0.717, 1.165) is 6.42 Å².